The number of fused-ring (bicyclic) bond motifs is 2. The summed E-state index contributed by atoms with van der Waals surface area (Å²) in [6.07, 6.45) is 11.1. The first kappa shape index (κ1) is 70.1. The third kappa shape index (κ3) is 30.6. The van der Waals surface area contributed by atoms with E-state index >= 15 is 0 Å². The molecule has 0 spiro atoms. The Bertz CT molecular complexity index is 2450. The fraction of sp³-hybridized carbons (Fsp3) is 0.597. The second-order valence-electron chi connectivity index (χ2n) is 19.7. The van der Waals surface area contributed by atoms with Crippen LogP contribution < -0.4 is 20.9 Å². The number of ether oxygens (including phenoxy) is 11. The number of alkyl carbamates (subject to hydrolysis) is 1. The van der Waals surface area contributed by atoms with Crippen LogP contribution in [0.25, 0.3) is 0 Å². The van der Waals surface area contributed by atoms with Crippen molar-refractivity contribution in [3.63, 3.8) is 0 Å². The molecular weight excluding hydrogens is 1120 g/mol. The average Bonchev–Trinajstić information content (AvgIpc) is 1.78. The van der Waals surface area contributed by atoms with E-state index in [2.05, 4.69) is 39.9 Å². The van der Waals surface area contributed by atoms with E-state index in [1.165, 1.54) is 12.2 Å². The molecule has 0 radical (unpaired) electrons. The van der Waals surface area contributed by atoms with Crippen molar-refractivity contribution in [2.45, 2.75) is 70.4 Å². The van der Waals surface area contributed by atoms with E-state index in [9.17, 15) is 33.6 Å². The molecule has 0 saturated carbocycles. The highest BCUT2D eigenvalue weighted by Gasteiger charge is 2.24. The Labute approximate surface area is 505 Å². The largest absolute Gasteiger partial charge is 0.446 e. The predicted octanol–water partition coefficient (Wildman–Crippen LogP) is 3.26. The topological polar surface area (TPSA) is 267 Å². The van der Waals surface area contributed by atoms with Crippen LogP contribution in [0.4, 0.5) is 10.5 Å². The molecule has 2 aliphatic heterocycles. The van der Waals surface area contributed by atoms with Gasteiger partial charge >= 0.3 is 6.09 Å². The van der Waals surface area contributed by atoms with E-state index in [1.54, 1.807) is 9.80 Å². The highest BCUT2D eigenvalue weighted by atomic mass is 16.6. The van der Waals surface area contributed by atoms with Crippen LogP contribution in [-0.2, 0) is 87.4 Å². The Balaban J connectivity index is 0.860. The summed E-state index contributed by atoms with van der Waals surface area (Å²) in [6.45, 7) is 8.20. The van der Waals surface area contributed by atoms with Gasteiger partial charge in [-0.1, -0.05) is 54.3 Å². The zero-order valence-corrected chi connectivity index (χ0v) is 49.7. The van der Waals surface area contributed by atoms with E-state index in [1.807, 2.05) is 48.5 Å². The molecule has 86 heavy (non-hydrogen) atoms. The molecule has 0 bridgehead atoms. The minimum atomic E-state index is -0.425. The molecule has 1 atom stereocenters. The summed E-state index contributed by atoms with van der Waals surface area (Å²) in [5.74, 6) is 4.75. The van der Waals surface area contributed by atoms with E-state index in [0.29, 0.717) is 125 Å². The Morgan fingerprint density at radius 2 is 0.977 bits per heavy atom. The Morgan fingerprint density at radius 3 is 1.57 bits per heavy atom. The summed E-state index contributed by atoms with van der Waals surface area (Å²) in [5, 5.41) is 8.23. The molecule has 1 aliphatic carbocycles. The lowest BCUT2D eigenvalue weighted by Gasteiger charge is -2.26. The van der Waals surface area contributed by atoms with Gasteiger partial charge in [0.05, 0.1) is 151 Å². The number of imide groups is 1. The molecule has 0 unspecified atom stereocenters. The zero-order valence-electron chi connectivity index (χ0n) is 49.7. The van der Waals surface area contributed by atoms with Crippen LogP contribution in [0, 0.1) is 11.8 Å². The SMILES string of the molecule is O=C(CCC(=O)N1Cc2ccccc2C#Cc2ccccc21)NCCOCCOCCOCCN(CCOCCOCCOCCNC(=O)O[C@@H]1CC/C=C/CCC1)C(=O)CCOCCOCCOCCOCCNC(=O)CCN1C(=O)C=CC1=O. The third-order valence-electron chi connectivity index (χ3n) is 13.3. The lowest BCUT2D eigenvalue weighted by atomic mass is 10.0. The maximum atomic E-state index is 13.5. The van der Waals surface area contributed by atoms with E-state index in [0.717, 1.165) is 59.4 Å². The smallest absolute Gasteiger partial charge is 0.407 e. The van der Waals surface area contributed by atoms with Crippen molar-refractivity contribution >= 4 is 47.2 Å². The number of nitrogens with zero attached hydrogens (tertiary/aromatic N) is 3. The van der Waals surface area contributed by atoms with Gasteiger partial charge in [-0.15, -0.1) is 0 Å². The molecule has 2 heterocycles. The van der Waals surface area contributed by atoms with E-state index < -0.39 is 17.9 Å². The number of allylic oxidation sites excluding steroid dienone is 2. The molecule has 24 nitrogen and oxygen atoms in total. The van der Waals surface area contributed by atoms with Gasteiger partial charge in [-0.05, 0) is 55.9 Å². The van der Waals surface area contributed by atoms with Crippen molar-refractivity contribution in [1.29, 1.82) is 0 Å². The minimum Gasteiger partial charge on any atom is -0.446 e. The second kappa shape index (κ2) is 44.8. The molecule has 3 N–H and O–H groups in total. The van der Waals surface area contributed by atoms with Crippen molar-refractivity contribution in [2.75, 3.05) is 176 Å². The fourth-order valence-corrected chi connectivity index (χ4v) is 8.67. The first-order chi connectivity index (χ1) is 42.2. The standard InChI is InChI=1S/C62H88N6O18/c69-56(18-19-61(74)68-50-53-12-7-6-10-51(53)16-17-52-11-8-9-15-55(52)68)63-24-31-77-37-43-83-46-40-80-34-28-66(29-35-81-41-47-84-45-39-79-33-26-65-62(75)86-54-13-4-2-1-3-5-14-54)58(71)23-30-76-36-42-82-48-49-85-44-38-78-32-25-64-57(70)22-27-67-59(72)20-21-60(67)73/h1-2,6-12,15,20-21,54H,3-5,13-14,18-19,22-50H2,(H,63,69)(H,64,70)(H,65,75)/b2-1+/t54-/m1/s1. The van der Waals surface area contributed by atoms with Crippen LogP contribution in [0.15, 0.2) is 72.8 Å². The van der Waals surface area contributed by atoms with Crippen LogP contribution in [-0.4, -0.2) is 229 Å². The van der Waals surface area contributed by atoms with E-state index in [-0.39, 0.29) is 108 Å². The molecule has 24 heteroatoms. The number of anilines is 1. The Hall–Kier alpha value is -6.63. The number of hydrogen-bond acceptors (Lipinski definition) is 18. The maximum Gasteiger partial charge on any atom is 0.407 e. The van der Waals surface area contributed by atoms with Gasteiger partial charge in [0.2, 0.25) is 23.6 Å². The number of carbonyl (C=O) groups excluding carboxylic acids is 7. The van der Waals surface area contributed by atoms with E-state index in [4.69, 9.17) is 52.1 Å². The Kier molecular flexibility index (Phi) is 36.5. The second-order valence-corrected chi connectivity index (χ2v) is 19.7. The Morgan fingerprint density at radius 1 is 0.500 bits per heavy atom. The maximum absolute atomic E-state index is 13.5. The lowest BCUT2D eigenvalue weighted by molar-refractivity contribution is -0.137. The summed E-state index contributed by atoms with van der Waals surface area (Å²) >= 11 is 0. The number of hydrogen-bond donors (Lipinski definition) is 3. The normalized spacial score (nSPS) is 14.9. The molecule has 474 valence electrons. The molecular formula is C62H88N6O18. The number of carbonyl (C=O) groups is 7. The monoisotopic (exact) mass is 1200 g/mol. The van der Waals surface area contributed by atoms with Gasteiger partial charge in [-0.3, -0.25) is 33.7 Å². The number of para-hydroxylation sites is 1. The number of nitrogens with one attached hydrogen (secondary N) is 3. The highest BCUT2D eigenvalue weighted by molar-refractivity contribution is 6.13. The minimum absolute atomic E-state index is 0.0158. The average molecular weight is 1210 g/mol. The molecule has 7 amide bonds. The molecule has 2 aromatic rings. The quantitative estimate of drug-likeness (QED) is 0.0372. The summed E-state index contributed by atoms with van der Waals surface area (Å²) < 4.78 is 61.8. The first-order valence-corrected chi connectivity index (χ1v) is 29.9. The van der Waals surface area contributed by atoms with Gasteiger partial charge in [-0.25, -0.2) is 4.79 Å². The van der Waals surface area contributed by atoms with Gasteiger partial charge in [0, 0.05) is 81.8 Å². The van der Waals surface area contributed by atoms with Gasteiger partial charge in [-0.2, -0.15) is 0 Å². The molecule has 0 saturated heterocycles. The van der Waals surface area contributed by atoms with Crippen molar-refractivity contribution in [3.8, 4) is 11.8 Å². The lowest BCUT2D eigenvalue weighted by Crippen LogP contribution is -2.37. The zero-order chi connectivity index (χ0) is 60.9. The summed E-state index contributed by atoms with van der Waals surface area (Å²) in [7, 11) is 0. The number of amides is 7. The molecule has 5 rings (SSSR count). The van der Waals surface area contributed by atoms with Gasteiger partial charge in [0.25, 0.3) is 11.8 Å². The summed E-state index contributed by atoms with van der Waals surface area (Å²) in [4.78, 5) is 91.1. The number of benzene rings is 2. The van der Waals surface area contributed by atoms with Crippen LogP contribution in [0.3, 0.4) is 0 Å². The molecule has 0 aromatic heterocycles. The third-order valence-corrected chi connectivity index (χ3v) is 13.3. The van der Waals surface area contributed by atoms with Crippen LogP contribution in [0.1, 0.15) is 74.5 Å². The van der Waals surface area contributed by atoms with Crippen molar-refractivity contribution < 1.29 is 85.7 Å². The first-order valence-electron chi connectivity index (χ1n) is 29.9. The number of rotatable bonds is 46. The van der Waals surface area contributed by atoms with Crippen LogP contribution in [0.5, 0.6) is 0 Å². The molecule has 2 aromatic carbocycles. The van der Waals surface area contributed by atoms with Gasteiger partial charge in [0.1, 0.15) is 6.10 Å². The highest BCUT2D eigenvalue weighted by Crippen LogP contribution is 2.26. The molecule has 3 aliphatic rings. The summed E-state index contributed by atoms with van der Waals surface area (Å²) in [5.41, 5.74) is 3.30. The molecule has 0 fully saturated rings. The van der Waals surface area contributed by atoms with Crippen LogP contribution >= 0.6 is 0 Å². The predicted molar refractivity (Wildman–Crippen MR) is 316 cm³/mol. The van der Waals surface area contributed by atoms with Gasteiger partial charge < -0.3 is 77.9 Å². The van der Waals surface area contributed by atoms with Gasteiger partial charge in [0.15, 0.2) is 0 Å². The van der Waals surface area contributed by atoms with Crippen molar-refractivity contribution in [2.24, 2.45) is 0 Å². The van der Waals surface area contributed by atoms with Crippen molar-refractivity contribution in [3.05, 3.63) is 89.5 Å². The fourth-order valence-electron chi connectivity index (χ4n) is 8.67. The van der Waals surface area contributed by atoms with Crippen LogP contribution in [0.2, 0.25) is 0 Å². The van der Waals surface area contributed by atoms with Crippen molar-refractivity contribution in [1.82, 2.24) is 25.8 Å². The summed E-state index contributed by atoms with van der Waals surface area (Å²) in [6, 6.07) is 15.3.